The number of aryl methyl sites for hydroxylation is 1. The first-order valence-corrected chi connectivity index (χ1v) is 11.4. The summed E-state index contributed by atoms with van der Waals surface area (Å²) in [7, 11) is 0. The van der Waals surface area contributed by atoms with E-state index in [0.29, 0.717) is 17.0 Å². The maximum atomic E-state index is 14.5. The van der Waals surface area contributed by atoms with Crippen molar-refractivity contribution in [1.82, 2.24) is 19.7 Å². The predicted molar refractivity (Wildman–Crippen MR) is 122 cm³/mol. The lowest BCUT2D eigenvalue weighted by Gasteiger charge is -2.14. The minimum absolute atomic E-state index is 0.0609. The molecule has 174 valence electrons. The highest BCUT2D eigenvalue weighted by Crippen LogP contribution is 2.27. The van der Waals surface area contributed by atoms with Gasteiger partial charge in [0.1, 0.15) is 11.6 Å². The molecule has 9 heteroatoms. The minimum atomic E-state index is -0.546. The van der Waals surface area contributed by atoms with Gasteiger partial charge in [-0.1, -0.05) is 18.6 Å². The number of imide groups is 1. The highest BCUT2D eigenvalue weighted by atomic mass is 19.1. The maximum absolute atomic E-state index is 14.5. The van der Waals surface area contributed by atoms with Crippen LogP contribution < -0.4 is 5.32 Å². The Balaban J connectivity index is 1.32. The van der Waals surface area contributed by atoms with Crippen LogP contribution in [0.15, 0.2) is 42.5 Å². The third-order valence-corrected chi connectivity index (χ3v) is 6.29. The summed E-state index contributed by atoms with van der Waals surface area (Å²) in [6, 6.07) is 11.1. The molecular weight excluding hydrogens is 437 g/mol. The van der Waals surface area contributed by atoms with Gasteiger partial charge < -0.3 is 9.88 Å². The van der Waals surface area contributed by atoms with Crippen LogP contribution in [0.25, 0.3) is 11.4 Å². The average Bonchev–Trinajstić information content (AvgIpc) is 3.29. The molecule has 2 aliphatic rings. The standard InChI is InChI=1S/C25H24FN5O3/c26-19-10-9-18(24-29-28-21-4-2-1-3-13-30(21)24)14-20(19)27-25(34)17-7-5-16(6-8-17)15-31-22(32)11-12-23(31)33/h5-10,14H,1-4,11-13,15H2,(H,27,34). The van der Waals surface area contributed by atoms with Gasteiger partial charge in [0.2, 0.25) is 11.8 Å². The van der Waals surface area contributed by atoms with Crippen LogP contribution in [-0.2, 0) is 29.1 Å². The van der Waals surface area contributed by atoms with E-state index >= 15 is 0 Å². The molecule has 0 saturated carbocycles. The summed E-state index contributed by atoms with van der Waals surface area (Å²) in [5.41, 5.74) is 1.82. The molecule has 34 heavy (non-hydrogen) atoms. The van der Waals surface area contributed by atoms with Gasteiger partial charge in [0.05, 0.1) is 12.2 Å². The normalized spacial score (nSPS) is 15.9. The van der Waals surface area contributed by atoms with Crippen molar-refractivity contribution in [2.45, 2.75) is 51.6 Å². The Labute approximate surface area is 195 Å². The first kappa shape index (κ1) is 21.9. The van der Waals surface area contributed by atoms with Gasteiger partial charge in [-0.25, -0.2) is 4.39 Å². The second-order valence-corrected chi connectivity index (χ2v) is 8.62. The fourth-order valence-electron chi connectivity index (χ4n) is 4.40. The lowest BCUT2D eigenvalue weighted by molar-refractivity contribution is -0.139. The molecule has 0 bridgehead atoms. The molecular formula is C25H24FN5O3. The Morgan fingerprint density at radius 2 is 1.71 bits per heavy atom. The SMILES string of the molecule is O=C(Nc1cc(-c2nnc3n2CCCCC3)ccc1F)c1ccc(CN2C(=O)CCC2=O)cc1. The van der Waals surface area contributed by atoms with Crippen LogP contribution in [0.3, 0.4) is 0 Å². The highest BCUT2D eigenvalue weighted by molar-refractivity contribution is 6.04. The number of halogens is 1. The van der Waals surface area contributed by atoms with E-state index in [-0.39, 0.29) is 36.9 Å². The maximum Gasteiger partial charge on any atom is 0.255 e. The van der Waals surface area contributed by atoms with Crippen molar-refractivity contribution < 1.29 is 18.8 Å². The number of fused-ring (bicyclic) bond motifs is 1. The largest absolute Gasteiger partial charge is 0.319 e. The number of nitrogens with zero attached hydrogens (tertiary/aromatic N) is 4. The van der Waals surface area contributed by atoms with Crippen LogP contribution >= 0.6 is 0 Å². The fraction of sp³-hybridized carbons (Fsp3) is 0.320. The van der Waals surface area contributed by atoms with E-state index in [1.54, 1.807) is 36.4 Å². The topological polar surface area (TPSA) is 97.2 Å². The molecule has 2 aliphatic heterocycles. The molecule has 0 unspecified atom stereocenters. The average molecular weight is 461 g/mol. The zero-order valence-corrected chi connectivity index (χ0v) is 18.6. The second kappa shape index (κ2) is 9.17. The second-order valence-electron chi connectivity index (χ2n) is 8.62. The number of hydrogen-bond donors (Lipinski definition) is 1. The zero-order valence-electron chi connectivity index (χ0n) is 18.6. The lowest BCUT2D eigenvalue weighted by atomic mass is 10.1. The number of carbonyl (C=O) groups is 3. The smallest absolute Gasteiger partial charge is 0.255 e. The van der Waals surface area contributed by atoms with Crippen molar-refractivity contribution in [3.8, 4) is 11.4 Å². The van der Waals surface area contributed by atoms with Crippen LogP contribution in [0.4, 0.5) is 10.1 Å². The monoisotopic (exact) mass is 461 g/mol. The van der Waals surface area contributed by atoms with Crippen LogP contribution in [0, 0.1) is 5.82 Å². The van der Waals surface area contributed by atoms with Gasteiger partial charge in [-0.15, -0.1) is 10.2 Å². The number of carbonyl (C=O) groups excluding carboxylic acids is 3. The number of nitrogens with one attached hydrogen (secondary N) is 1. The minimum Gasteiger partial charge on any atom is -0.319 e. The van der Waals surface area contributed by atoms with E-state index in [0.717, 1.165) is 43.6 Å². The molecule has 1 saturated heterocycles. The number of anilines is 1. The van der Waals surface area contributed by atoms with E-state index in [9.17, 15) is 18.8 Å². The molecule has 1 aromatic heterocycles. The molecule has 0 radical (unpaired) electrons. The summed E-state index contributed by atoms with van der Waals surface area (Å²) in [5.74, 6) is 0.215. The summed E-state index contributed by atoms with van der Waals surface area (Å²) in [6.45, 7) is 0.997. The number of amides is 3. The number of rotatable bonds is 5. The Kier molecular flexibility index (Phi) is 5.91. The Bertz CT molecular complexity index is 1250. The quantitative estimate of drug-likeness (QED) is 0.584. The van der Waals surface area contributed by atoms with E-state index in [2.05, 4.69) is 20.1 Å². The zero-order chi connectivity index (χ0) is 23.7. The molecule has 0 aliphatic carbocycles. The molecule has 3 amide bonds. The van der Waals surface area contributed by atoms with Gasteiger partial charge in [-0.2, -0.15) is 0 Å². The van der Waals surface area contributed by atoms with Gasteiger partial charge in [0.25, 0.3) is 5.91 Å². The van der Waals surface area contributed by atoms with E-state index in [4.69, 9.17) is 0 Å². The van der Waals surface area contributed by atoms with Crippen LogP contribution in [0.5, 0.6) is 0 Å². The summed E-state index contributed by atoms with van der Waals surface area (Å²) in [4.78, 5) is 37.6. The first-order chi connectivity index (χ1) is 16.5. The van der Waals surface area contributed by atoms with Crippen LogP contribution in [0.2, 0.25) is 0 Å². The lowest BCUT2D eigenvalue weighted by Crippen LogP contribution is -2.28. The van der Waals surface area contributed by atoms with E-state index < -0.39 is 11.7 Å². The molecule has 8 nitrogen and oxygen atoms in total. The third-order valence-electron chi connectivity index (χ3n) is 6.29. The summed E-state index contributed by atoms with van der Waals surface area (Å²) in [6.07, 6.45) is 4.60. The Hall–Kier alpha value is -3.88. The van der Waals surface area contributed by atoms with Gasteiger partial charge in [0, 0.05) is 36.9 Å². The van der Waals surface area contributed by atoms with Crippen molar-refractivity contribution in [3.05, 3.63) is 65.2 Å². The van der Waals surface area contributed by atoms with Crippen LogP contribution in [-0.4, -0.2) is 37.4 Å². The van der Waals surface area contributed by atoms with Crippen molar-refractivity contribution in [3.63, 3.8) is 0 Å². The highest BCUT2D eigenvalue weighted by Gasteiger charge is 2.28. The molecule has 0 atom stereocenters. The first-order valence-electron chi connectivity index (χ1n) is 11.4. The Morgan fingerprint density at radius 3 is 2.47 bits per heavy atom. The molecule has 1 N–H and O–H groups in total. The van der Waals surface area contributed by atoms with Crippen molar-refractivity contribution >= 4 is 23.4 Å². The van der Waals surface area contributed by atoms with E-state index in [1.165, 1.54) is 11.0 Å². The third kappa shape index (κ3) is 4.33. The van der Waals surface area contributed by atoms with Gasteiger partial charge >= 0.3 is 0 Å². The molecule has 0 spiro atoms. The number of hydrogen-bond acceptors (Lipinski definition) is 5. The van der Waals surface area contributed by atoms with Crippen molar-refractivity contribution in [1.29, 1.82) is 0 Å². The fourth-order valence-corrected chi connectivity index (χ4v) is 4.40. The molecule has 3 heterocycles. The number of likely N-dealkylation sites (tertiary alicyclic amines) is 1. The summed E-state index contributed by atoms with van der Waals surface area (Å²) in [5, 5.41) is 11.2. The summed E-state index contributed by atoms with van der Waals surface area (Å²) < 4.78 is 16.6. The van der Waals surface area contributed by atoms with Crippen molar-refractivity contribution in [2.24, 2.45) is 0 Å². The van der Waals surface area contributed by atoms with Gasteiger partial charge in [0.15, 0.2) is 5.82 Å². The molecule has 1 fully saturated rings. The summed E-state index contributed by atoms with van der Waals surface area (Å²) >= 11 is 0. The molecule has 2 aromatic carbocycles. The molecule has 5 rings (SSSR count). The predicted octanol–water partition coefficient (Wildman–Crippen LogP) is 3.71. The van der Waals surface area contributed by atoms with Crippen molar-refractivity contribution in [2.75, 3.05) is 5.32 Å². The molecule has 3 aromatic rings. The Morgan fingerprint density at radius 1 is 0.941 bits per heavy atom. The van der Waals surface area contributed by atoms with Gasteiger partial charge in [-0.3, -0.25) is 19.3 Å². The van der Waals surface area contributed by atoms with Crippen LogP contribution in [0.1, 0.15) is 53.8 Å². The number of aromatic nitrogens is 3. The van der Waals surface area contributed by atoms with E-state index in [1.807, 2.05) is 0 Å². The number of benzene rings is 2. The van der Waals surface area contributed by atoms with Gasteiger partial charge in [-0.05, 0) is 48.7 Å².